The zero-order chi connectivity index (χ0) is 63.6. The molecule has 0 fully saturated rings. The molecule has 16 aromatic rings. The summed E-state index contributed by atoms with van der Waals surface area (Å²) in [4.78, 5) is 15.5. The van der Waals surface area contributed by atoms with Crippen LogP contribution in [0.15, 0.2) is 346 Å². The van der Waals surface area contributed by atoms with E-state index in [9.17, 15) is 5.26 Å². The summed E-state index contributed by atoms with van der Waals surface area (Å²) in [5, 5.41) is 13.7. The number of aromatic nitrogens is 3. The standard InChI is InChI=1S/C89H57BN6/c91-58-76-74(89-92-79(63-34-15-5-16-35-63)57-80(93-89)64-36-17-6-18-37-64)39-25-45-82(76)96-81-42-22-19-38-73(81)75-54-65(46-47-83(75)96)70-55-86-88-87(56-70)95(72-52-68(61-30-11-3-12-31-61)49-69(53-72)62-32-13-4-14-33-62)85-44-24-21-41-78(85)90(88)77-40-20-23-43-84(77)94(86)71-50-66(59-26-7-1-8-27-59)48-67(51-71)60-28-9-2-10-29-60/h1-57H. The van der Waals surface area contributed by atoms with Gasteiger partial charge in [-0.1, -0.05) is 249 Å². The van der Waals surface area contributed by atoms with Crippen LogP contribution in [0.25, 0.3) is 117 Å². The highest BCUT2D eigenvalue weighted by Crippen LogP contribution is 2.49. The Labute approximate surface area is 557 Å². The quantitative estimate of drug-likeness (QED) is 0.121. The van der Waals surface area contributed by atoms with Gasteiger partial charge in [0.05, 0.1) is 33.7 Å². The molecule has 6 nitrogen and oxygen atoms in total. The summed E-state index contributed by atoms with van der Waals surface area (Å²) in [5.74, 6) is 0.481. The van der Waals surface area contributed by atoms with Crippen molar-refractivity contribution in [2.24, 2.45) is 0 Å². The van der Waals surface area contributed by atoms with Crippen molar-refractivity contribution < 1.29 is 0 Å². The molecule has 0 saturated heterocycles. The molecule has 2 aromatic heterocycles. The Balaban J connectivity index is 0.884. The minimum atomic E-state index is -0.109. The van der Waals surface area contributed by atoms with Crippen molar-refractivity contribution in [1.29, 1.82) is 5.26 Å². The van der Waals surface area contributed by atoms with Crippen molar-refractivity contribution in [2.75, 3.05) is 9.80 Å². The predicted octanol–water partition coefficient (Wildman–Crippen LogP) is 20.9. The second-order valence-corrected chi connectivity index (χ2v) is 24.7. The fourth-order valence-corrected chi connectivity index (χ4v) is 14.8. The summed E-state index contributed by atoms with van der Waals surface area (Å²) in [6, 6.07) is 127. The first-order valence-corrected chi connectivity index (χ1v) is 32.6. The smallest absolute Gasteiger partial charge is 0.252 e. The molecule has 0 amide bonds. The summed E-state index contributed by atoms with van der Waals surface area (Å²) < 4.78 is 2.25. The zero-order valence-electron chi connectivity index (χ0n) is 52.2. The maximum atomic E-state index is 11.5. The number of fused-ring (bicyclic) bond motifs is 7. The summed E-state index contributed by atoms with van der Waals surface area (Å²) >= 11 is 0. The molecular weight excluding hydrogens is 1160 g/mol. The number of nitriles is 1. The van der Waals surface area contributed by atoms with Crippen LogP contribution in [0.2, 0.25) is 0 Å². The Morgan fingerprint density at radius 2 is 0.677 bits per heavy atom. The van der Waals surface area contributed by atoms with Crippen LogP contribution < -0.4 is 26.2 Å². The first-order chi connectivity index (χ1) is 47.6. The number of hydrogen-bond donors (Lipinski definition) is 0. The molecule has 0 N–H and O–H groups in total. The highest BCUT2D eigenvalue weighted by atomic mass is 15.2. The molecule has 0 atom stereocenters. The third kappa shape index (κ3) is 9.58. The first-order valence-electron chi connectivity index (χ1n) is 32.6. The molecule has 0 bridgehead atoms. The van der Waals surface area contributed by atoms with Crippen LogP contribution in [0.3, 0.4) is 0 Å². The highest BCUT2D eigenvalue weighted by molar-refractivity contribution is 7.00. The predicted molar refractivity (Wildman–Crippen MR) is 399 cm³/mol. The van der Waals surface area contributed by atoms with Gasteiger partial charge in [0.1, 0.15) is 6.07 Å². The molecule has 0 aliphatic carbocycles. The average Bonchev–Trinajstić information content (AvgIpc) is 0.720. The molecule has 0 unspecified atom stereocenters. The number of hydrogen-bond acceptors (Lipinski definition) is 5. The van der Waals surface area contributed by atoms with Crippen LogP contribution in [0.1, 0.15) is 5.56 Å². The SMILES string of the molecule is N#Cc1c(-c2nc(-c3ccccc3)cc(-c3ccccc3)n2)cccc1-n1c2ccccc2c2cc(-c3cc4c5c(c3)N(c3cc(-c6ccccc6)cc(-c6ccccc6)c3)c3ccccc3B5c3ccccc3N4c3cc(-c4ccccc4)cc(-c4ccccc4)c3)ccc21. The number of anilines is 6. The van der Waals surface area contributed by atoms with E-state index in [1.807, 2.05) is 54.6 Å². The van der Waals surface area contributed by atoms with Gasteiger partial charge in [-0.2, -0.15) is 5.26 Å². The number of para-hydroxylation sites is 3. The van der Waals surface area contributed by atoms with Gasteiger partial charge in [-0.15, -0.1) is 0 Å². The topological polar surface area (TPSA) is 61.0 Å². The van der Waals surface area contributed by atoms with Crippen molar-refractivity contribution in [3.8, 4) is 101 Å². The van der Waals surface area contributed by atoms with E-state index in [1.54, 1.807) is 0 Å². The van der Waals surface area contributed by atoms with Gasteiger partial charge in [-0.05, 0) is 169 Å². The zero-order valence-corrected chi connectivity index (χ0v) is 52.2. The lowest BCUT2D eigenvalue weighted by Gasteiger charge is -2.44. The third-order valence-corrected chi connectivity index (χ3v) is 19.2. The minimum absolute atomic E-state index is 0.109. The van der Waals surface area contributed by atoms with E-state index in [0.29, 0.717) is 17.0 Å². The van der Waals surface area contributed by atoms with E-state index in [0.717, 1.165) is 140 Å². The van der Waals surface area contributed by atoms with Crippen LogP contribution in [-0.2, 0) is 0 Å². The number of rotatable bonds is 11. The van der Waals surface area contributed by atoms with Gasteiger partial charge in [-0.25, -0.2) is 9.97 Å². The maximum Gasteiger partial charge on any atom is 0.252 e. The van der Waals surface area contributed by atoms with Gasteiger partial charge in [-0.3, -0.25) is 0 Å². The van der Waals surface area contributed by atoms with E-state index in [-0.39, 0.29) is 6.71 Å². The second kappa shape index (κ2) is 23.3. The normalized spacial score (nSPS) is 12.1. The summed E-state index contributed by atoms with van der Waals surface area (Å²) in [6.07, 6.45) is 0. The van der Waals surface area contributed by atoms with E-state index >= 15 is 0 Å². The molecule has 2 aliphatic heterocycles. The number of benzene rings is 14. The van der Waals surface area contributed by atoms with Crippen molar-refractivity contribution in [1.82, 2.24) is 14.5 Å². The molecule has 18 rings (SSSR count). The highest BCUT2D eigenvalue weighted by Gasteiger charge is 2.44. The summed E-state index contributed by atoms with van der Waals surface area (Å²) in [7, 11) is 0. The molecule has 14 aromatic carbocycles. The van der Waals surface area contributed by atoms with Gasteiger partial charge in [0.25, 0.3) is 6.71 Å². The van der Waals surface area contributed by atoms with Crippen LogP contribution in [0.4, 0.5) is 34.1 Å². The molecule has 0 spiro atoms. The van der Waals surface area contributed by atoms with E-state index in [2.05, 4.69) is 312 Å². The van der Waals surface area contributed by atoms with Crippen molar-refractivity contribution in [2.45, 2.75) is 0 Å². The maximum absolute atomic E-state index is 11.5. The lowest BCUT2D eigenvalue weighted by atomic mass is 9.33. The fraction of sp³-hybridized carbons (Fsp3) is 0. The molecule has 7 heteroatoms. The molecule has 96 heavy (non-hydrogen) atoms. The monoisotopic (exact) mass is 1220 g/mol. The molecule has 0 saturated carbocycles. The lowest BCUT2D eigenvalue weighted by molar-refractivity contribution is 1.15. The molecule has 0 radical (unpaired) electrons. The second-order valence-electron chi connectivity index (χ2n) is 24.7. The summed E-state index contributed by atoms with van der Waals surface area (Å²) in [6.45, 7) is -0.109. The lowest BCUT2D eigenvalue weighted by Crippen LogP contribution is -2.61. The van der Waals surface area contributed by atoms with Gasteiger partial charge >= 0.3 is 0 Å². The van der Waals surface area contributed by atoms with Gasteiger partial charge in [0.2, 0.25) is 0 Å². The third-order valence-electron chi connectivity index (χ3n) is 19.2. The Morgan fingerprint density at radius 3 is 1.15 bits per heavy atom. The Bertz CT molecular complexity index is 5360. The Morgan fingerprint density at radius 1 is 0.281 bits per heavy atom. The van der Waals surface area contributed by atoms with Crippen LogP contribution in [0.5, 0.6) is 0 Å². The average molecular weight is 1220 g/mol. The van der Waals surface area contributed by atoms with Gasteiger partial charge in [0, 0.05) is 61.6 Å². The van der Waals surface area contributed by atoms with Crippen LogP contribution >= 0.6 is 0 Å². The summed E-state index contributed by atoms with van der Waals surface area (Å²) in [5.41, 5.74) is 28.8. The molecular formula is C89H57BN6. The fourth-order valence-electron chi connectivity index (χ4n) is 14.8. The van der Waals surface area contributed by atoms with Gasteiger partial charge < -0.3 is 14.4 Å². The largest absolute Gasteiger partial charge is 0.311 e. The van der Waals surface area contributed by atoms with Crippen molar-refractivity contribution in [3.63, 3.8) is 0 Å². The first kappa shape index (κ1) is 55.9. The van der Waals surface area contributed by atoms with Crippen LogP contribution in [-0.4, -0.2) is 21.2 Å². The minimum Gasteiger partial charge on any atom is -0.311 e. The Kier molecular flexibility index (Phi) is 13.6. The molecule has 4 heterocycles. The van der Waals surface area contributed by atoms with E-state index < -0.39 is 0 Å². The molecule has 446 valence electrons. The molecule has 2 aliphatic rings. The van der Waals surface area contributed by atoms with Gasteiger partial charge in [0.15, 0.2) is 5.82 Å². The van der Waals surface area contributed by atoms with Crippen molar-refractivity contribution in [3.05, 3.63) is 351 Å². The van der Waals surface area contributed by atoms with Crippen molar-refractivity contribution >= 4 is 79.0 Å². The number of nitrogens with zero attached hydrogens (tertiary/aromatic N) is 6. The van der Waals surface area contributed by atoms with E-state index in [1.165, 1.54) is 16.4 Å². The Hall–Kier alpha value is -12.9. The van der Waals surface area contributed by atoms with Crippen LogP contribution in [0, 0.1) is 11.3 Å². The van der Waals surface area contributed by atoms with E-state index in [4.69, 9.17) is 9.97 Å².